The summed E-state index contributed by atoms with van der Waals surface area (Å²) in [5.41, 5.74) is 6.68. The summed E-state index contributed by atoms with van der Waals surface area (Å²) in [4.78, 5) is 41.2. The lowest BCUT2D eigenvalue weighted by molar-refractivity contribution is 0.0920. The SMILES string of the molecule is CCCn1c(N)c(C(=O)CN2CCc3cc(OC)c(OC)cc3C2)c(=O)[nH]c1=O. The Hall–Kier alpha value is -3.07. The Labute approximate surface area is 168 Å². The van der Waals surface area contributed by atoms with Crippen LogP contribution in [0.4, 0.5) is 5.82 Å². The van der Waals surface area contributed by atoms with Gasteiger partial charge in [0.25, 0.3) is 5.56 Å². The zero-order valence-electron chi connectivity index (χ0n) is 16.9. The smallest absolute Gasteiger partial charge is 0.329 e. The standard InChI is InChI=1S/C20H26N4O5/c1-4-6-24-18(21)17(19(26)22-20(24)27)14(25)11-23-7-5-12-8-15(28-2)16(29-3)9-13(12)10-23/h8-9H,4-7,10-11,21H2,1-3H3,(H,22,26,27). The van der Waals surface area contributed by atoms with Gasteiger partial charge in [-0.1, -0.05) is 6.92 Å². The van der Waals surface area contributed by atoms with Gasteiger partial charge in [-0.25, -0.2) is 4.79 Å². The summed E-state index contributed by atoms with van der Waals surface area (Å²) in [7, 11) is 3.17. The average molecular weight is 402 g/mol. The van der Waals surface area contributed by atoms with Gasteiger partial charge >= 0.3 is 5.69 Å². The topological polar surface area (TPSA) is 120 Å². The van der Waals surface area contributed by atoms with E-state index < -0.39 is 17.0 Å². The first kappa shape index (κ1) is 20.7. The van der Waals surface area contributed by atoms with Crippen LogP contribution in [0.3, 0.4) is 0 Å². The Morgan fingerprint density at radius 3 is 2.45 bits per heavy atom. The number of ketones is 1. The minimum atomic E-state index is -0.742. The maximum Gasteiger partial charge on any atom is 0.329 e. The van der Waals surface area contributed by atoms with E-state index >= 15 is 0 Å². The third-order valence-electron chi connectivity index (χ3n) is 5.13. The van der Waals surface area contributed by atoms with Crippen LogP contribution in [0, 0.1) is 0 Å². The highest BCUT2D eigenvalue weighted by Gasteiger charge is 2.25. The fraction of sp³-hybridized carbons (Fsp3) is 0.450. The number of nitrogen functional groups attached to an aromatic ring is 1. The van der Waals surface area contributed by atoms with Crippen molar-refractivity contribution in [1.29, 1.82) is 0 Å². The zero-order valence-corrected chi connectivity index (χ0v) is 16.9. The highest BCUT2D eigenvalue weighted by Crippen LogP contribution is 2.33. The number of aromatic amines is 1. The maximum atomic E-state index is 12.9. The molecule has 0 spiro atoms. The number of ether oxygens (including phenoxy) is 2. The number of fused-ring (bicyclic) bond motifs is 1. The molecule has 0 fully saturated rings. The second-order valence-electron chi connectivity index (χ2n) is 7.03. The van der Waals surface area contributed by atoms with Crippen LogP contribution < -0.4 is 26.5 Å². The molecule has 2 aromatic rings. The quantitative estimate of drug-likeness (QED) is 0.657. The number of anilines is 1. The molecule has 9 heteroatoms. The van der Waals surface area contributed by atoms with Crippen molar-refractivity contribution in [3.63, 3.8) is 0 Å². The van der Waals surface area contributed by atoms with Crippen LogP contribution in [0.15, 0.2) is 21.7 Å². The van der Waals surface area contributed by atoms with Crippen LogP contribution in [0.5, 0.6) is 11.5 Å². The van der Waals surface area contributed by atoms with Crippen molar-refractivity contribution in [1.82, 2.24) is 14.5 Å². The van der Waals surface area contributed by atoms with E-state index in [-0.39, 0.29) is 17.9 Å². The van der Waals surface area contributed by atoms with Crippen LogP contribution >= 0.6 is 0 Å². The van der Waals surface area contributed by atoms with Gasteiger partial charge in [-0.05, 0) is 36.1 Å². The maximum absolute atomic E-state index is 12.9. The van der Waals surface area contributed by atoms with E-state index in [1.165, 1.54) is 4.57 Å². The third kappa shape index (κ3) is 4.04. The van der Waals surface area contributed by atoms with Crippen molar-refractivity contribution in [3.8, 4) is 11.5 Å². The number of hydrogen-bond donors (Lipinski definition) is 2. The fourth-order valence-electron chi connectivity index (χ4n) is 3.66. The molecule has 1 aliphatic heterocycles. The van der Waals surface area contributed by atoms with Crippen LogP contribution in [0.2, 0.25) is 0 Å². The summed E-state index contributed by atoms with van der Waals surface area (Å²) in [6, 6.07) is 3.87. The van der Waals surface area contributed by atoms with Gasteiger partial charge in [0.2, 0.25) is 0 Å². The van der Waals surface area contributed by atoms with Crippen molar-refractivity contribution >= 4 is 11.6 Å². The predicted octanol–water partition coefficient (Wildman–Crippen LogP) is 0.787. The number of methoxy groups -OCH3 is 2. The Morgan fingerprint density at radius 2 is 1.83 bits per heavy atom. The largest absolute Gasteiger partial charge is 0.493 e. The zero-order chi connectivity index (χ0) is 21.1. The van der Waals surface area contributed by atoms with Crippen molar-refractivity contribution in [2.45, 2.75) is 32.9 Å². The second-order valence-corrected chi connectivity index (χ2v) is 7.03. The van der Waals surface area contributed by atoms with Gasteiger partial charge < -0.3 is 15.2 Å². The van der Waals surface area contributed by atoms with Crippen LogP contribution in [-0.4, -0.2) is 47.5 Å². The van der Waals surface area contributed by atoms with Gasteiger partial charge in [0, 0.05) is 19.6 Å². The molecule has 0 amide bonds. The Bertz CT molecular complexity index is 1040. The second kappa shape index (κ2) is 8.52. The summed E-state index contributed by atoms with van der Waals surface area (Å²) in [5.74, 6) is 0.826. The number of benzene rings is 1. The van der Waals surface area contributed by atoms with Crippen LogP contribution in [0.25, 0.3) is 0 Å². The molecule has 0 saturated heterocycles. The molecule has 0 bridgehead atoms. The third-order valence-corrected chi connectivity index (χ3v) is 5.13. The average Bonchev–Trinajstić information content (AvgIpc) is 2.69. The number of aromatic nitrogens is 2. The molecule has 1 aromatic carbocycles. The molecule has 0 atom stereocenters. The number of rotatable bonds is 7. The minimum Gasteiger partial charge on any atom is -0.493 e. The molecule has 29 heavy (non-hydrogen) atoms. The van der Waals surface area contributed by atoms with Gasteiger partial charge in [-0.2, -0.15) is 0 Å². The van der Waals surface area contributed by atoms with Gasteiger partial charge in [0.15, 0.2) is 17.3 Å². The molecule has 2 heterocycles. The summed E-state index contributed by atoms with van der Waals surface area (Å²) < 4.78 is 11.9. The molecule has 9 nitrogen and oxygen atoms in total. The predicted molar refractivity (Wildman–Crippen MR) is 109 cm³/mol. The van der Waals surface area contributed by atoms with E-state index in [0.717, 1.165) is 17.5 Å². The van der Waals surface area contributed by atoms with Gasteiger partial charge in [0.05, 0.1) is 20.8 Å². The van der Waals surface area contributed by atoms with E-state index in [1.54, 1.807) is 14.2 Å². The van der Waals surface area contributed by atoms with Gasteiger partial charge in [0.1, 0.15) is 11.4 Å². The monoisotopic (exact) mass is 402 g/mol. The summed E-state index contributed by atoms with van der Waals surface area (Å²) >= 11 is 0. The van der Waals surface area contributed by atoms with E-state index in [9.17, 15) is 14.4 Å². The van der Waals surface area contributed by atoms with Gasteiger partial charge in [-0.3, -0.25) is 24.0 Å². The molecular formula is C20H26N4O5. The van der Waals surface area contributed by atoms with Crippen molar-refractivity contribution in [3.05, 3.63) is 49.7 Å². The molecule has 3 N–H and O–H groups in total. The lowest BCUT2D eigenvalue weighted by Gasteiger charge is -2.29. The van der Waals surface area contributed by atoms with E-state index in [0.29, 0.717) is 37.6 Å². The number of Topliss-reactive ketones (excluding diaryl/α,β-unsaturated/α-hetero) is 1. The molecule has 0 unspecified atom stereocenters. The van der Waals surface area contributed by atoms with E-state index in [1.807, 2.05) is 24.0 Å². The number of H-pyrrole nitrogens is 1. The number of nitrogens with one attached hydrogen (secondary N) is 1. The van der Waals surface area contributed by atoms with Crippen molar-refractivity contribution < 1.29 is 14.3 Å². The summed E-state index contributed by atoms with van der Waals surface area (Å²) in [6.45, 7) is 3.44. The number of carbonyl (C=O) groups is 1. The molecule has 3 rings (SSSR count). The molecule has 0 radical (unpaired) electrons. The fourth-order valence-corrected chi connectivity index (χ4v) is 3.66. The Kier molecular flexibility index (Phi) is 6.07. The summed E-state index contributed by atoms with van der Waals surface area (Å²) in [6.07, 6.45) is 1.39. The van der Waals surface area contributed by atoms with Gasteiger partial charge in [-0.15, -0.1) is 0 Å². The van der Waals surface area contributed by atoms with Crippen molar-refractivity contribution in [2.75, 3.05) is 33.0 Å². The number of nitrogens with zero attached hydrogens (tertiary/aromatic N) is 2. The van der Waals surface area contributed by atoms with E-state index in [4.69, 9.17) is 15.2 Å². The molecule has 156 valence electrons. The first-order valence-electron chi connectivity index (χ1n) is 9.51. The minimum absolute atomic E-state index is 0.0331. The van der Waals surface area contributed by atoms with E-state index in [2.05, 4.69) is 4.98 Å². The highest BCUT2D eigenvalue weighted by atomic mass is 16.5. The first-order valence-corrected chi connectivity index (χ1v) is 9.51. The molecule has 1 aromatic heterocycles. The Balaban J connectivity index is 1.84. The number of nitrogens with two attached hydrogens (primary N) is 1. The molecule has 1 aliphatic rings. The van der Waals surface area contributed by atoms with Crippen LogP contribution in [-0.2, 0) is 19.5 Å². The molecule has 0 saturated carbocycles. The van der Waals surface area contributed by atoms with Crippen LogP contribution in [0.1, 0.15) is 34.8 Å². The lowest BCUT2D eigenvalue weighted by atomic mass is 9.98. The Morgan fingerprint density at radius 1 is 1.17 bits per heavy atom. The highest BCUT2D eigenvalue weighted by molar-refractivity contribution is 6.01. The molecule has 0 aliphatic carbocycles. The first-order chi connectivity index (χ1) is 13.9. The lowest BCUT2D eigenvalue weighted by Crippen LogP contribution is -2.40. The number of carbonyl (C=O) groups excluding carboxylic acids is 1. The van der Waals surface area contributed by atoms with Crippen molar-refractivity contribution in [2.24, 2.45) is 0 Å². The molecular weight excluding hydrogens is 376 g/mol. The number of hydrogen-bond acceptors (Lipinski definition) is 7. The normalized spacial score (nSPS) is 13.8. The summed E-state index contributed by atoms with van der Waals surface area (Å²) in [5, 5.41) is 0.